The minimum absolute atomic E-state index is 0.00685. The van der Waals surface area contributed by atoms with Gasteiger partial charge in [-0.1, -0.05) is 61.9 Å². The first-order valence-corrected chi connectivity index (χ1v) is 12.0. The zero-order chi connectivity index (χ0) is 24.1. The Bertz CT molecular complexity index is 1010. The topological polar surface area (TPSA) is 105 Å². The Morgan fingerprint density at radius 1 is 1.03 bits per heavy atom. The summed E-state index contributed by atoms with van der Waals surface area (Å²) in [6.45, 7) is 2.40. The van der Waals surface area contributed by atoms with Crippen LogP contribution in [-0.4, -0.2) is 42.3 Å². The molecule has 2 aliphatic rings. The average molecular weight is 465 g/mol. The van der Waals surface area contributed by atoms with Crippen molar-refractivity contribution in [1.29, 1.82) is 0 Å². The molecule has 4 rings (SSSR count). The van der Waals surface area contributed by atoms with Crippen LogP contribution in [0.15, 0.2) is 48.5 Å². The monoisotopic (exact) mass is 464 g/mol. The van der Waals surface area contributed by atoms with Crippen molar-refractivity contribution in [3.63, 3.8) is 0 Å². The number of hydrogen-bond acceptors (Lipinski definition) is 4. The Morgan fingerprint density at radius 3 is 2.32 bits per heavy atom. The molecule has 2 amide bonds. The van der Waals surface area contributed by atoms with E-state index in [9.17, 15) is 14.4 Å². The summed E-state index contributed by atoms with van der Waals surface area (Å²) in [4.78, 5) is 35.9. The van der Waals surface area contributed by atoms with Crippen molar-refractivity contribution in [2.24, 2.45) is 11.8 Å². The largest absolute Gasteiger partial charge is 0.481 e. The van der Waals surface area contributed by atoms with Crippen molar-refractivity contribution < 1.29 is 24.2 Å². The molecule has 0 aromatic heterocycles. The second kappa shape index (κ2) is 10.7. The Morgan fingerprint density at radius 2 is 1.68 bits per heavy atom. The minimum atomic E-state index is -0.827. The van der Waals surface area contributed by atoms with E-state index in [2.05, 4.69) is 34.9 Å². The number of rotatable bonds is 9. The first-order chi connectivity index (χ1) is 16.4. The van der Waals surface area contributed by atoms with E-state index >= 15 is 0 Å². The zero-order valence-corrected chi connectivity index (χ0v) is 19.5. The predicted molar refractivity (Wildman–Crippen MR) is 128 cm³/mol. The summed E-state index contributed by atoms with van der Waals surface area (Å²) in [7, 11) is 0. The van der Waals surface area contributed by atoms with Gasteiger partial charge in [0.2, 0.25) is 5.91 Å². The molecule has 7 heteroatoms. The van der Waals surface area contributed by atoms with Crippen molar-refractivity contribution in [3.8, 4) is 11.1 Å². The fourth-order valence-electron chi connectivity index (χ4n) is 5.19. The molecule has 3 atom stereocenters. The van der Waals surface area contributed by atoms with Crippen molar-refractivity contribution in [2.45, 2.75) is 51.0 Å². The van der Waals surface area contributed by atoms with E-state index in [1.54, 1.807) is 0 Å². The van der Waals surface area contributed by atoms with Gasteiger partial charge in [-0.05, 0) is 47.4 Å². The van der Waals surface area contributed by atoms with Gasteiger partial charge in [-0.2, -0.15) is 0 Å². The first-order valence-electron chi connectivity index (χ1n) is 12.0. The van der Waals surface area contributed by atoms with E-state index in [1.165, 1.54) is 11.1 Å². The maximum absolute atomic E-state index is 12.5. The van der Waals surface area contributed by atoms with E-state index in [0.717, 1.165) is 30.4 Å². The molecule has 7 nitrogen and oxygen atoms in total. The number of carbonyl (C=O) groups is 3. The summed E-state index contributed by atoms with van der Waals surface area (Å²) >= 11 is 0. The third kappa shape index (κ3) is 5.41. The summed E-state index contributed by atoms with van der Waals surface area (Å²) < 4.78 is 5.53. The van der Waals surface area contributed by atoms with E-state index in [-0.39, 0.29) is 42.7 Å². The summed E-state index contributed by atoms with van der Waals surface area (Å²) in [6, 6.07) is 16.3. The smallest absolute Gasteiger partial charge is 0.407 e. The van der Waals surface area contributed by atoms with Gasteiger partial charge in [0, 0.05) is 24.4 Å². The summed E-state index contributed by atoms with van der Waals surface area (Å²) in [5.74, 6) is -1.22. The van der Waals surface area contributed by atoms with Gasteiger partial charge < -0.3 is 20.5 Å². The van der Waals surface area contributed by atoms with Gasteiger partial charge in [0.1, 0.15) is 6.61 Å². The van der Waals surface area contributed by atoms with Gasteiger partial charge in [-0.25, -0.2) is 4.79 Å². The van der Waals surface area contributed by atoms with Crippen LogP contribution in [0.25, 0.3) is 11.1 Å². The molecule has 0 heterocycles. The Kier molecular flexibility index (Phi) is 7.50. The molecular weight excluding hydrogens is 432 g/mol. The molecule has 1 fully saturated rings. The molecule has 2 aromatic carbocycles. The van der Waals surface area contributed by atoms with Gasteiger partial charge in [0.15, 0.2) is 0 Å². The molecule has 34 heavy (non-hydrogen) atoms. The fraction of sp³-hybridized carbons (Fsp3) is 0.444. The lowest BCUT2D eigenvalue weighted by Gasteiger charge is -2.22. The number of alkyl carbamates (subject to hydrolysis) is 1. The van der Waals surface area contributed by atoms with Gasteiger partial charge >= 0.3 is 12.1 Å². The second-order valence-corrected chi connectivity index (χ2v) is 9.35. The standard InChI is InChI=1S/C27H32N2O5/c1-17(26(32)29-24-12-6-7-18(24)15-25(30)31)13-14-28-27(33)34-16-23-21-10-4-2-8-19(21)20-9-3-5-11-22(20)23/h2-5,8-11,17-18,23-24H,6-7,12-16H2,1H3,(H,28,33)(H,29,32)(H,30,31). The normalized spacial score (nSPS) is 19.7. The van der Waals surface area contributed by atoms with Crippen molar-refractivity contribution in [2.75, 3.05) is 13.2 Å². The highest BCUT2D eigenvalue weighted by Gasteiger charge is 2.31. The number of hydrogen-bond donors (Lipinski definition) is 3. The molecule has 1 saturated carbocycles. The fourth-order valence-corrected chi connectivity index (χ4v) is 5.19. The van der Waals surface area contributed by atoms with Gasteiger partial charge in [-0.15, -0.1) is 0 Å². The third-order valence-electron chi connectivity index (χ3n) is 7.06. The highest BCUT2D eigenvalue weighted by Crippen LogP contribution is 2.44. The maximum Gasteiger partial charge on any atom is 0.407 e. The van der Waals surface area contributed by atoms with Gasteiger partial charge in [-0.3, -0.25) is 9.59 Å². The number of carboxylic acids is 1. The molecule has 0 saturated heterocycles. The van der Waals surface area contributed by atoms with Crippen LogP contribution in [0.5, 0.6) is 0 Å². The number of carboxylic acid groups (broad SMARTS) is 1. The van der Waals surface area contributed by atoms with Crippen LogP contribution in [0.3, 0.4) is 0 Å². The SMILES string of the molecule is CC(CCNC(=O)OCC1c2ccccc2-c2ccccc21)C(=O)NC1CCCC1CC(=O)O. The summed E-state index contributed by atoms with van der Waals surface area (Å²) in [5.41, 5.74) is 4.68. The number of aliphatic carboxylic acids is 1. The maximum atomic E-state index is 12.5. The Labute approximate surface area is 199 Å². The molecule has 0 radical (unpaired) electrons. The van der Waals surface area contributed by atoms with Crippen LogP contribution in [0.4, 0.5) is 4.79 Å². The van der Waals surface area contributed by atoms with Crippen molar-refractivity contribution >= 4 is 18.0 Å². The van der Waals surface area contributed by atoms with Gasteiger partial charge in [0.25, 0.3) is 0 Å². The third-order valence-corrected chi connectivity index (χ3v) is 7.06. The van der Waals surface area contributed by atoms with Crippen LogP contribution in [0.2, 0.25) is 0 Å². The molecule has 2 aliphatic carbocycles. The minimum Gasteiger partial charge on any atom is -0.481 e. The summed E-state index contributed by atoms with van der Waals surface area (Å²) in [5, 5.41) is 14.8. The molecule has 180 valence electrons. The molecule has 0 spiro atoms. The predicted octanol–water partition coefficient (Wildman–Crippen LogP) is 4.31. The number of ether oxygens (including phenoxy) is 1. The van der Waals surface area contributed by atoms with Crippen molar-refractivity contribution in [3.05, 3.63) is 59.7 Å². The van der Waals surface area contributed by atoms with Crippen LogP contribution in [0.1, 0.15) is 56.1 Å². The van der Waals surface area contributed by atoms with Crippen molar-refractivity contribution in [1.82, 2.24) is 10.6 Å². The molecule has 0 bridgehead atoms. The average Bonchev–Trinajstić information content (AvgIpc) is 3.39. The van der Waals surface area contributed by atoms with E-state index in [0.29, 0.717) is 13.0 Å². The Hall–Kier alpha value is -3.35. The lowest BCUT2D eigenvalue weighted by molar-refractivity contribution is -0.138. The number of carbonyl (C=O) groups excluding carboxylic acids is 2. The molecule has 3 unspecified atom stereocenters. The Balaban J connectivity index is 1.21. The highest BCUT2D eigenvalue weighted by atomic mass is 16.5. The number of nitrogens with one attached hydrogen (secondary N) is 2. The van der Waals surface area contributed by atoms with E-state index in [4.69, 9.17) is 9.84 Å². The number of benzene rings is 2. The lowest BCUT2D eigenvalue weighted by atomic mass is 9.98. The van der Waals surface area contributed by atoms with Crippen LogP contribution in [0, 0.1) is 11.8 Å². The molecule has 3 N–H and O–H groups in total. The quantitative estimate of drug-likeness (QED) is 0.513. The number of amides is 2. The highest BCUT2D eigenvalue weighted by molar-refractivity contribution is 5.80. The van der Waals surface area contributed by atoms with E-state index < -0.39 is 12.1 Å². The van der Waals surface area contributed by atoms with Gasteiger partial charge in [0.05, 0.1) is 6.42 Å². The molecular formula is C27H32N2O5. The summed E-state index contributed by atoms with van der Waals surface area (Å²) in [6.07, 6.45) is 2.64. The zero-order valence-electron chi connectivity index (χ0n) is 19.5. The first kappa shape index (κ1) is 23.8. The molecule has 2 aromatic rings. The number of fused-ring (bicyclic) bond motifs is 3. The van der Waals surface area contributed by atoms with Crippen LogP contribution in [-0.2, 0) is 14.3 Å². The van der Waals surface area contributed by atoms with Crippen LogP contribution >= 0.6 is 0 Å². The second-order valence-electron chi connectivity index (χ2n) is 9.35. The molecule has 0 aliphatic heterocycles. The van der Waals surface area contributed by atoms with E-state index in [1.807, 2.05) is 31.2 Å². The van der Waals surface area contributed by atoms with Crippen LogP contribution < -0.4 is 10.6 Å². The lowest BCUT2D eigenvalue weighted by Crippen LogP contribution is -2.41.